The van der Waals surface area contributed by atoms with Gasteiger partial charge in [0.05, 0.1) is 11.2 Å². The van der Waals surface area contributed by atoms with Crippen LogP contribution in [0.2, 0.25) is 0 Å². The number of nitrogens with one attached hydrogen (secondary N) is 1. The molecule has 3 N–H and O–H groups in total. The second kappa shape index (κ2) is 5.90. The molecule has 6 heteroatoms. The van der Waals surface area contributed by atoms with Gasteiger partial charge >= 0.3 is 7.69 Å². The van der Waals surface area contributed by atoms with Crippen molar-refractivity contribution in [1.82, 2.24) is 10.2 Å². The fourth-order valence-corrected chi connectivity index (χ4v) is 0.553. The fourth-order valence-electron chi connectivity index (χ4n) is 0.553. The third-order valence-corrected chi connectivity index (χ3v) is 2.30. The first-order chi connectivity index (χ1) is 6.81. The maximum absolute atomic E-state index is 9.44. The van der Waals surface area contributed by atoms with Crippen LogP contribution in [0.15, 0.2) is 18.5 Å². The van der Waals surface area contributed by atoms with Gasteiger partial charge in [0, 0.05) is 12.4 Å². The van der Waals surface area contributed by atoms with Crippen LogP contribution in [0, 0.1) is 0 Å². The normalized spacial score (nSPS) is 11.6. The van der Waals surface area contributed by atoms with Gasteiger partial charge in [0.25, 0.3) is 0 Å². The molecule has 0 saturated carbocycles. The lowest BCUT2D eigenvalue weighted by Crippen LogP contribution is -2.47. The van der Waals surface area contributed by atoms with Crippen LogP contribution >= 0.6 is 0 Å². The summed E-state index contributed by atoms with van der Waals surface area (Å²) in [6, 6.07) is 1.83. The van der Waals surface area contributed by atoms with Crippen molar-refractivity contribution in [2.24, 2.45) is 0 Å². The van der Waals surface area contributed by atoms with Crippen LogP contribution in [0.25, 0.3) is 0 Å². The van der Waals surface area contributed by atoms with Crippen molar-refractivity contribution in [1.29, 1.82) is 0 Å². The zero-order valence-corrected chi connectivity index (χ0v) is 9.69. The SMILES string of the molecule is CC(C)(O)C(C)(C)OBO.c1cn[nH]c1. The number of rotatable bonds is 3. The molecule has 0 fully saturated rings. The standard InChI is InChI=1S/C6H15BO3.C3H4N2/c1-5(2,8)6(3,4)10-7-9;1-2-4-5-3-1/h7-9H,1-4H3;1-3H,(H,4,5). The first-order valence-electron chi connectivity index (χ1n) is 4.72. The third kappa shape index (κ3) is 5.56. The first-order valence-corrected chi connectivity index (χ1v) is 4.72. The minimum Gasteiger partial charge on any atom is -0.430 e. The average molecular weight is 214 g/mol. The highest BCUT2D eigenvalue weighted by Gasteiger charge is 2.35. The summed E-state index contributed by atoms with van der Waals surface area (Å²) in [6.45, 7) is 6.73. The summed E-state index contributed by atoms with van der Waals surface area (Å²) in [6.07, 6.45) is 3.46. The summed E-state index contributed by atoms with van der Waals surface area (Å²) in [5.41, 5.74) is -1.64. The van der Waals surface area contributed by atoms with Gasteiger partial charge in [0.2, 0.25) is 0 Å². The predicted octanol–water partition coefficient (Wildman–Crippen LogP) is 0.221. The van der Waals surface area contributed by atoms with E-state index < -0.39 is 11.2 Å². The van der Waals surface area contributed by atoms with E-state index in [-0.39, 0.29) is 7.69 Å². The molecule has 0 aliphatic heterocycles. The van der Waals surface area contributed by atoms with E-state index in [4.69, 9.17) is 9.68 Å². The Hall–Kier alpha value is -0.845. The van der Waals surface area contributed by atoms with Gasteiger partial charge in [0.1, 0.15) is 0 Å². The number of aromatic amines is 1. The summed E-state index contributed by atoms with van der Waals surface area (Å²) in [5.74, 6) is 0. The van der Waals surface area contributed by atoms with E-state index in [9.17, 15) is 5.11 Å². The Balaban J connectivity index is 0.000000322. The zero-order valence-electron chi connectivity index (χ0n) is 9.69. The molecular formula is C9H19BN2O3. The van der Waals surface area contributed by atoms with Gasteiger partial charge < -0.3 is 14.8 Å². The van der Waals surface area contributed by atoms with E-state index in [1.165, 1.54) is 0 Å². The Morgan fingerprint density at radius 3 is 2.07 bits per heavy atom. The van der Waals surface area contributed by atoms with Gasteiger partial charge in [-0.3, -0.25) is 5.10 Å². The number of nitrogens with zero attached hydrogens (tertiary/aromatic N) is 1. The third-order valence-electron chi connectivity index (χ3n) is 2.30. The van der Waals surface area contributed by atoms with Crippen LogP contribution in [-0.4, -0.2) is 39.2 Å². The highest BCUT2D eigenvalue weighted by Crippen LogP contribution is 2.23. The lowest BCUT2D eigenvalue weighted by atomic mass is 9.89. The molecule has 0 aromatic carbocycles. The topological polar surface area (TPSA) is 78.4 Å². The minimum atomic E-state index is -0.935. The highest BCUT2D eigenvalue weighted by atomic mass is 16.5. The van der Waals surface area contributed by atoms with Crippen molar-refractivity contribution in [3.8, 4) is 0 Å². The van der Waals surface area contributed by atoms with Crippen LogP contribution in [0.5, 0.6) is 0 Å². The van der Waals surface area contributed by atoms with Crippen LogP contribution in [-0.2, 0) is 4.65 Å². The molecule has 86 valence electrons. The molecule has 0 spiro atoms. The Morgan fingerprint density at radius 1 is 1.33 bits per heavy atom. The van der Waals surface area contributed by atoms with Crippen LogP contribution in [0.3, 0.4) is 0 Å². The van der Waals surface area contributed by atoms with Crippen molar-refractivity contribution in [2.45, 2.75) is 38.9 Å². The molecule has 1 rings (SSSR count). The molecule has 0 amide bonds. The van der Waals surface area contributed by atoms with Gasteiger partial charge in [-0.25, -0.2) is 0 Å². The maximum Gasteiger partial charge on any atom is 0.435 e. The second-order valence-corrected chi connectivity index (χ2v) is 4.11. The van der Waals surface area contributed by atoms with E-state index in [1.807, 2.05) is 6.07 Å². The van der Waals surface area contributed by atoms with Gasteiger partial charge in [0.15, 0.2) is 0 Å². The van der Waals surface area contributed by atoms with Gasteiger partial charge in [-0.2, -0.15) is 5.10 Å². The Bertz CT molecular complexity index is 227. The molecule has 15 heavy (non-hydrogen) atoms. The molecule has 0 saturated heterocycles. The number of aromatic nitrogens is 2. The van der Waals surface area contributed by atoms with E-state index >= 15 is 0 Å². The number of hydrogen-bond donors (Lipinski definition) is 3. The smallest absolute Gasteiger partial charge is 0.430 e. The molecule has 0 bridgehead atoms. The lowest BCUT2D eigenvalue weighted by molar-refractivity contribution is -0.0956. The Kier molecular flexibility index (Phi) is 5.56. The van der Waals surface area contributed by atoms with Gasteiger partial charge in [-0.1, -0.05) is 0 Å². The summed E-state index contributed by atoms with van der Waals surface area (Å²) in [5, 5.41) is 24.1. The van der Waals surface area contributed by atoms with E-state index in [0.29, 0.717) is 0 Å². The van der Waals surface area contributed by atoms with Crippen LogP contribution < -0.4 is 0 Å². The van der Waals surface area contributed by atoms with Crippen molar-refractivity contribution >= 4 is 7.69 Å². The van der Waals surface area contributed by atoms with Crippen molar-refractivity contribution < 1.29 is 14.8 Å². The molecule has 0 atom stereocenters. The maximum atomic E-state index is 9.44. The predicted molar refractivity (Wildman–Crippen MR) is 59.4 cm³/mol. The molecule has 0 radical (unpaired) electrons. The molecule has 1 aromatic heterocycles. The number of aliphatic hydroxyl groups is 1. The molecule has 0 aliphatic rings. The fraction of sp³-hybridized carbons (Fsp3) is 0.667. The molecule has 0 aliphatic carbocycles. The van der Waals surface area contributed by atoms with Gasteiger partial charge in [-0.05, 0) is 33.8 Å². The molecule has 5 nitrogen and oxygen atoms in total. The Labute approximate surface area is 90.8 Å². The highest BCUT2D eigenvalue weighted by molar-refractivity contribution is 6.16. The summed E-state index contributed by atoms with van der Waals surface area (Å²) in [4.78, 5) is 0. The largest absolute Gasteiger partial charge is 0.435 e. The quantitative estimate of drug-likeness (QED) is 0.629. The summed E-state index contributed by atoms with van der Waals surface area (Å²) in [7, 11) is -0.364. The van der Waals surface area contributed by atoms with Crippen molar-refractivity contribution in [3.05, 3.63) is 18.5 Å². The number of H-pyrrole nitrogens is 1. The summed E-state index contributed by atoms with van der Waals surface area (Å²) < 4.78 is 4.90. The Morgan fingerprint density at radius 2 is 1.93 bits per heavy atom. The van der Waals surface area contributed by atoms with Crippen LogP contribution in [0.4, 0.5) is 0 Å². The zero-order chi connectivity index (χ0) is 11.9. The van der Waals surface area contributed by atoms with Crippen LogP contribution in [0.1, 0.15) is 27.7 Å². The monoisotopic (exact) mass is 214 g/mol. The molecule has 0 unspecified atom stereocenters. The average Bonchev–Trinajstić information content (AvgIpc) is 2.57. The second-order valence-electron chi connectivity index (χ2n) is 4.11. The van der Waals surface area contributed by atoms with Crippen molar-refractivity contribution in [2.75, 3.05) is 0 Å². The molecule has 1 heterocycles. The van der Waals surface area contributed by atoms with E-state index in [1.54, 1.807) is 40.1 Å². The van der Waals surface area contributed by atoms with E-state index in [0.717, 1.165) is 0 Å². The van der Waals surface area contributed by atoms with E-state index in [2.05, 4.69) is 10.2 Å². The van der Waals surface area contributed by atoms with Crippen molar-refractivity contribution in [3.63, 3.8) is 0 Å². The first kappa shape index (κ1) is 14.2. The number of hydrogen-bond acceptors (Lipinski definition) is 4. The van der Waals surface area contributed by atoms with Gasteiger partial charge in [-0.15, -0.1) is 0 Å². The lowest BCUT2D eigenvalue weighted by Gasteiger charge is -2.36. The molecular weight excluding hydrogens is 195 g/mol. The summed E-state index contributed by atoms with van der Waals surface area (Å²) >= 11 is 0. The minimum absolute atomic E-state index is 0.364. The molecule has 1 aromatic rings.